The first kappa shape index (κ1) is 17.6. The summed E-state index contributed by atoms with van der Waals surface area (Å²) in [6, 6.07) is 5.98. The van der Waals surface area contributed by atoms with Crippen molar-refractivity contribution >= 4 is 21.5 Å². The van der Waals surface area contributed by atoms with Crippen LogP contribution in [0.3, 0.4) is 0 Å². The van der Waals surface area contributed by atoms with Crippen LogP contribution in [0.25, 0.3) is 0 Å². The maximum absolute atomic E-state index is 12.5. The molecule has 25 heavy (non-hydrogen) atoms. The first-order chi connectivity index (χ1) is 11.9. The number of rotatable bonds is 6. The van der Waals surface area contributed by atoms with Gasteiger partial charge in [0, 0.05) is 31.5 Å². The molecule has 0 atom stereocenters. The van der Waals surface area contributed by atoms with Crippen LogP contribution in [-0.2, 0) is 21.3 Å². The number of ether oxygens (including phenoxy) is 1. The Kier molecular flexibility index (Phi) is 5.19. The van der Waals surface area contributed by atoms with Crippen LogP contribution in [0.15, 0.2) is 41.6 Å². The summed E-state index contributed by atoms with van der Waals surface area (Å²) in [6.07, 6.45) is 5.14. The number of carbonyl (C=O) groups is 1. The van der Waals surface area contributed by atoms with Crippen molar-refractivity contribution in [2.45, 2.75) is 31.2 Å². The summed E-state index contributed by atoms with van der Waals surface area (Å²) >= 11 is 0. The smallest absolute Gasteiger partial charge is 0.262 e. The van der Waals surface area contributed by atoms with Gasteiger partial charge in [0.05, 0.1) is 16.8 Å². The standard InChI is InChI=1S/C17H21N3O4S/c1-13(21)15-3-2-4-17(9-15)25(22,23)19-16-10-18-20(12-16)11-14-5-7-24-8-6-14/h2-4,9-10,12,14,19H,5-8,11H2,1H3. The van der Waals surface area contributed by atoms with Crippen LogP contribution in [0.1, 0.15) is 30.1 Å². The Morgan fingerprint density at radius 1 is 1.36 bits per heavy atom. The lowest BCUT2D eigenvalue weighted by atomic mass is 10.0. The van der Waals surface area contributed by atoms with Crippen LogP contribution in [0, 0.1) is 5.92 Å². The molecule has 3 rings (SSSR count). The predicted molar refractivity (Wildman–Crippen MR) is 93.0 cm³/mol. The van der Waals surface area contributed by atoms with Crippen molar-refractivity contribution in [1.29, 1.82) is 0 Å². The third-order valence-corrected chi connectivity index (χ3v) is 5.60. The Morgan fingerprint density at radius 2 is 2.12 bits per heavy atom. The van der Waals surface area contributed by atoms with E-state index < -0.39 is 10.0 Å². The Morgan fingerprint density at radius 3 is 2.84 bits per heavy atom. The van der Waals surface area contributed by atoms with E-state index in [1.54, 1.807) is 23.0 Å². The predicted octanol–water partition coefficient (Wildman–Crippen LogP) is 2.31. The topological polar surface area (TPSA) is 90.3 Å². The molecule has 0 amide bonds. The van der Waals surface area contributed by atoms with Crippen LogP contribution in [0.5, 0.6) is 0 Å². The van der Waals surface area contributed by atoms with Crippen LogP contribution in [0.2, 0.25) is 0 Å². The molecule has 2 aromatic rings. The minimum atomic E-state index is -3.76. The molecule has 0 bridgehead atoms. The summed E-state index contributed by atoms with van der Waals surface area (Å²) in [4.78, 5) is 11.5. The molecule has 1 saturated heterocycles. The highest BCUT2D eigenvalue weighted by atomic mass is 32.2. The quantitative estimate of drug-likeness (QED) is 0.796. The molecule has 0 unspecified atom stereocenters. The summed E-state index contributed by atoms with van der Waals surface area (Å²) in [7, 11) is -3.76. The molecule has 1 aliphatic heterocycles. The number of benzene rings is 1. The monoisotopic (exact) mass is 363 g/mol. The number of nitrogens with zero attached hydrogens (tertiary/aromatic N) is 2. The Bertz CT molecular complexity index is 854. The van der Waals surface area contributed by atoms with Gasteiger partial charge in [-0.15, -0.1) is 0 Å². The van der Waals surface area contributed by atoms with E-state index in [0.717, 1.165) is 32.6 Å². The fourth-order valence-corrected chi connectivity index (χ4v) is 3.88. The molecule has 1 aromatic heterocycles. The maximum Gasteiger partial charge on any atom is 0.262 e. The molecule has 1 N–H and O–H groups in total. The van der Waals surface area contributed by atoms with Crippen molar-refractivity contribution in [1.82, 2.24) is 9.78 Å². The number of ketones is 1. The van der Waals surface area contributed by atoms with Gasteiger partial charge in [-0.25, -0.2) is 8.42 Å². The number of Topliss-reactive ketones (excluding diaryl/α,β-unsaturated/α-hetero) is 1. The largest absolute Gasteiger partial charge is 0.381 e. The minimum absolute atomic E-state index is 0.0531. The Labute approximate surface area is 147 Å². The molecule has 0 radical (unpaired) electrons. The zero-order chi connectivity index (χ0) is 17.9. The highest BCUT2D eigenvalue weighted by molar-refractivity contribution is 7.92. The van der Waals surface area contributed by atoms with E-state index in [0.29, 0.717) is 17.2 Å². The fraction of sp³-hybridized carbons (Fsp3) is 0.412. The summed E-state index contributed by atoms with van der Waals surface area (Å²) in [5.74, 6) is 0.312. The van der Waals surface area contributed by atoms with Crippen molar-refractivity contribution in [3.05, 3.63) is 42.2 Å². The zero-order valence-electron chi connectivity index (χ0n) is 14.0. The average Bonchev–Trinajstić information content (AvgIpc) is 3.02. The van der Waals surface area contributed by atoms with Gasteiger partial charge in [-0.2, -0.15) is 5.10 Å². The number of aromatic nitrogens is 2. The highest BCUT2D eigenvalue weighted by Crippen LogP contribution is 2.20. The summed E-state index contributed by atoms with van der Waals surface area (Å²) in [6.45, 7) is 3.67. The molecular weight excluding hydrogens is 342 g/mol. The first-order valence-electron chi connectivity index (χ1n) is 8.18. The minimum Gasteiger partial charge on any atom is -0.381 e. The highest BCUT2D eigenvalue weighted by Gasteiger charge is 2.18. The molecule has 2 heterocycles. The number of sulfonamides is 1. The van der Waals surface area contributed by atoms with Gasteiger partial charge in [0.2, 0.25) is 0 Å². The van der Waals surface area contributed by atoms with Crippen LogP contribution in [-0.4, -0.2) is 37.2 Å². The van der Waals surface area contributed by atoms with Gasteiger partial charge < -0.3 is 4.74 Å². The molecule has 1 aliphatic rings. The molecule has 134 valence electrons. The second-order valence-electron chi connectivity index (χ2n) is 6.20. The van der Waals surface area contributed by atoms with E-state index in [1.807, 2.05) is 0 Å². The molecule has 1 aromatic carbocycles. The SMILES string of the molecule is CC(=O)c1cccc(S(=O)(=O)Nc2cnn(CC3CCOCC3)c2)c1. The Balaban J connectivity index is 1.71. The molecule has 0 saturated carbocycles. The molecule has 1 fully saturated rings. The van der Waals surface area contributed by atoms with Crippen LogP contribution >= 0.6 is 0 Å². The van der Waals surface area contributed by atoms with Crippen LogP contribution in [0.4, 0.5) is 5.69 Å². The second-order valence-corrected chi connectivity index (χ2v) is 7.88. The van der Waals surface area contributed by atoms with E-state index in [1.165, 1.54) is 25.3 Å². The van der Waals surface area contributed by atoms with Gasteiger partial charge >= 0.3 is 0 Å². The fourth-order valence-electron chi connectivity index (χ4n) is 2.81. The average molecular weight is 363 g/mol. The lowest BCUT2D eigenvalue weighted by Gasteiger charge is -2.21. The third kappa shape index (κ3) is 4.46. The summed E-state index contributed by atoms with van der Waals surface area (Å²) in [5.41, 5.74) is 0.762. The summed E-state index contributed by atoms with van der Waals surface area (Å²) < 4.78 is 34.6. The molecular formula is C17H21N3O4S. The number of nitrogens with one attached hydrogen (secondary N) is 1. The lowest BCUT2D eigenvalue weighted by Crippen LogP contribution is -2.20. The van der Waals surface area contributed by atoms with E-state index in [-0.39, 0.29) is 10.7 Å². The van der Waals surface area contributed by atoms with Crippen LogP contribution < -0.4 is 4.72 Å². The second kappa shape index (κ2) is 7.37. The van der Waals surface area contributed by atoms with Gasteiger partial charge in [0.1, 0.15) is 0 Å². The molecule has 8 heteroatoms. The third-order valence-electron chi connectivity index (χ3n) is 4.22. The van der Waals surface area contributed by atoms with Gasteiger partial charge in [0.25, 0.3) is 10.0 Å². The lowest BCUT2D eigenvalue weighted by molar-refractivity contribution is 0.0601. The first-order valence-corrected chi connectivity index (χ1v) is 9.66. The molecule has 0 aliphatic carbocycles. The molecule has 7 nitrogen and oxygen atoms in total. The van der Waals surface area contributed by atoms with E-state index in [2.05, 4.69) is 9.82 Å². The van der Waals surface area contributed by atoms with E-state index in [9.17, 15) is 13.2 Å². The molecule has 0 spiro atoms. The van der Waals surface area contributed by atoms with Crippen molar-refractivity contribution < 1.29 is 17.9 Å². The van der Waals surface area contributed by atoms with Gasteiger partial charge in [0.15, 0.2) is 5.78 Å². The Hall–Kier alpha value is -2.19. The van der Waals surface area contributed by atoms with Crippen molar-refractivity contribution in [3.8, 4) is 0 Å². The van der Waals surface area contributed by atoms with Gasteiger partial charge in [-0.1, -0.05) is 12.1 Å². The van der Waals surface area contributed by atoms with Gasteiger partial charge in [-0.05, 0) is 37.8 Å². The van der Waals surface area contributed by atoms with Crippen molar-refractivity contribution in [2.24, 2.45) is 5.92 Å². The normalized spacial score (nSPS) is 15.9. The number of carbonyl (C=O) groups excluding carboxylic acids is 1. The summed E-state index contributed by atoms with van der Waals surface area (Å²) in [5, 5.41) is 4.23. The van der Waals surface area contributed by atoms with E-state index >= 15 is 0 Å². The number of hydrogen-bond acceptors (Lipinski definition) is 5. The van der Waals surface area contributed by atoms with Crippen molar-refractivity contribution in [2.75, 3.05) is 17.9 Å². The van der Waals surface area contributed by atoms with Gasteiger partial charge in [-0.3, -0.25) is 14.2 Å². The van der Waals surface area contributed by atoms with E-state index in [4.69, 9.17) is 4.74 Å². The zero-order valence-corrected chi connectivity index (χ0v) is 14.8. The number of hydrogen-bond donors (Lipinski definition) is 1. The maximum atomic E-state index is 12.5. The van der Waals surface area contributed by atoms with Crippen molar-refractivity contribution in [3.63, 3.8) is 0 Å². The number of anilines is 1.